The molecule has 1 rings (SSSR count). The van der Waals surface area contributed by atoms with E-state index in [1.165, 1.54) is 6.92 Å². The third-order valence-electron chi connectivity index (χ3n) is 3.28. The normalized spacial score (nSPS) is 12.3. The Kier molecular flexibility index (Phi) is 5.05. The van der Waals surface area contributed by atoms with E-state index in [1.807, 2.05) is 12.1 Å². The second-order valence-electron chi connectivity index (χ2n) is 7.45. The van der Waals surface area contributed by atoms with Crippen LogP contribution in [0.3, 0.4) is 0 Å². The number of phenols is 1. The molecule has 0 radical (unpaired) electrons. The maximum absolute atomic E-state index is 10.8. The van der Waals surface area contributed by atoms with Crippen molar-refractivity contribution in [3.05, 3.63) is 28.8 Å². The van der Waals surface area contributed by atoms with Crippen molar-refractivity contribution in [2.75, 3.05) is 0 Å². The molecule has 4 heteroatoms. The molecule has 0 fully saturated rings. The molecule has 21 heavy (non-hydrogen) atoms. The Morgan fingerprint density at radius 1 is 1.10 bits per heavy atom. The van der Waals surface area contributed by atoms with Gasteiger partial charge in [-0.3, -0.25) is 4.79 Å². The quantitative estimate of drug-likeness (QED) is 0.837. The number of aromatic hydroxyl groups is 1. The maximum Gasteiger partial charge on any atom is 0.321 e. The summed E-state index contributed by atoms with van der Waals surface area (Å²) in [6.45, 7) is 14.2. The molecule has 1 aromatic rings. The lowest BCUT2D eigenvalue weighted by Crippen LogP contribution is -2.21. The summed E-state index contributed by atoms with van der Waals surface area (Å²) in [4.78, 5) is 15.6. The number of carbonyl (C=O) groups excluding carboxylic acids is 1. The third-order valence-corrected chi connectivity index (χ3v) is 3.28. The Morgan fingerprint density at radius 2 is 1.52 bits per heavy atom. The Bertz CT molecular complexity index is 487. The highest BCUT2D eigenvalue weighted by Gasteiger charge is 2.26. The van der Waals surface area contributed by atoms with Gasteiger partial charge in [0.15, 0.2) is 0 Å². The van der Waals surface area contributed by atoms with Crippen LogP contribution < -0.4 is 5.48 Å². The molecule has 0 unspecified atom stereocenters. The number of rotatable bonds is 3. The number of phenolic OH excluding ortho intramolecular Hbond substituents is 1. The number of hydroxylamine groups is 1. The van der Waals surface area contributed by atoms with Crippen molar-refractivity contribution in [3.8, 4) is 5.75 Å². The topological polar surface area (TPSA) is 58.6 Å². The van der Waals surface area contributed by atoms with E-state index < -0.39 is 0 Å². The lowest BCUT2D eigenvalue weighted by atomic mass is 9.78. The zero-order valence-electron chi connectivity index (χ0n) is 14.1. The van der Waals surface area contributed by atoms with Gasteiger partial charge in [-0.25, -0.2) is 0 Å². The highest BCUT2D eigenvalue weighted by atomic mass is 16.7. The maximum atomic E-state index is 10.8. The van der Waals surface area contributed by atoms with Crippen LogP contribution in [0.1, 0.15) is 65.2 Å². The SMILES string of the molecule is CC(=O)ONCc1cc(C(C)(C)C)c(O)c(C(C)(C)C)c1. The zero-order valence-corrected chi connectivity index (χ0v) is 14.1. The minimum atomic E-state index is -0.374. The monoisotopic (exact) mass is 293 g/mol. The molecule has 0 aromatic heterocycles. The van der Waals surface area contributed by atoms with E-state index in [0.717, 1.165) is 16.7 Å². The minimum Gasteiger partial charge on any atom is -0.507 e. The van der Waals surface area contributed by atoms with Gasteiger partial charge in [0.2, 0.25) is 0 Å². The van der Waals surface area contributed by atoms with Crippen LogP contribution in [0, 0.1) is 0 Å². The molecular formula is C17H27NO3. The van der Waals surface area contributed by atoms with E-state index >= 15 is 0 Å². The summed E-state index contributed by atoms with van der Waals surface area (Å²) in [6, 6.07) is 3.92. The molecule has 0 spiro atoms. The van der Waals surface area contributed by atoms with Crippen LogP contribution >= 0.6 is 0 Å². The van der Waals surface area contributed by atoms with Gasteiger partial charge in [-0.1, -0.05) is 53.7 Å². The molecule has 118 valence electrons. The molecule has 2 N–H and O–H groups in total. The third kappa shape index (κ3) is 4.74. The average molecular weight is 293 g/mol. The van der Waals surface area contributed by atoms with E-state index in [4.69, 9.17) is 4.84 Å². The Hall–Kier alpha value is -1.55. The summed E-state index contributed by atoms with van der Waals surface area (Å²) in [5.74, 6) is -0.0212. The molecular weight excluding hydrogens is 266 g/mol. The van der Waals surface area contributed by atoms with Crippen molar-refractivity contribution in [1.29, 1.82) is 0 Å². The van der Waals surface area contributed by atoms with Gasteiger partial charge in [-0.05, 0) is 27.5 Å². The van der Waals surface area contributed by atoms with Gasteiger partial charge >= 0.3 is 5.97 Å². The lowest BCUT2D eigenvalue weighted by molar-refractivity contribution is -0.148. The predicted molar refractivity (Wildman–Crippen MR) is 84.1 cm³/mol. The first-order valence-electron chi connectivity index (χ1n) is 7.20. The molecule has 0 heterocycles. The van der Waals surface area contributed by atoms with E-state index in [2.05, 4.69) is 47.0 Å². The van der Waals surface area contributed by atoms with E-state index in [9.17, 15) is 9.90 Å². The summed E-state index contributed by atoms with van der Waals surface area (Å²) in [7, 11) is 0. The van der Waals surface area contributed by atoms with Crippen LogP contribution in [0.4, 0.5) is 0 Å². The molecule has 1 aromatic carbocycles. The smallest absolute Gasteiger partial charge is 0.321 e. The van der Waals surface area contributed by atoms with Crippen molar-refractivity contribution >= 4 is 5.97 Å². The summed E-state index contributed by atoms with van der Waals surface area (Å²) in [5, 5.41) is 10.6. The fourth-order valence-electron chi connectivity index (χ4n) is 2.16. The first kappa shape index (κ1) is 17.5. The van der Waals surface area contributed by atoms with E-state index in [1.54, 1.807) is 0 Å². The van der Waals surface area contributed by atoms with Crippen LogP contribution in [-0.4, -0.2) is 11.1 Å². The number of benzene rings is 1. The van der Waals surface area contributed by atoms with Crippen LogP contribution in [0.2, 0.25) is 0 Å². The fraction of sp³-hybridized carbons (Fsp3) is 0.588. The highest BCUT2D eigenvalue weighted by molar-refractivity contribution is 5.65. The van der Waals surface area contributed by atoms with E-state index in [0.29, 0.717) is 12.3 Å². The van der Waals surface area contributed by atoms with Crippen molar-refractivity contribution in [2.24, 2.45) is 0 Å². The lowest BCUT2D eigenvalue weighted by Gasteiger charge is -2.28. The minimum absolute atomic E-state index is 0.165. The van der Waals surface area contributed by atoms with Crippen molar-refractivity contribution < 1.29 is 14.7 Å². The van der Waals surface area contributed by atoms with Crippen molar-refractivity contribution in [3.63, 3.8) is 0 Å². The Balaban J connectivity index is 3.24. The molecule has 0 amide bonds. The van der Waals surface area contributed by atoms with Crippen molar-refractivity contribution in [1.82, 2.24) is 5.48 Å². The second-order valence-corrected chi connectivity index (χ2v) is 7.45. The standard InChI is InChI=1S/C17H27NO3/c1-11(19)21-18-10-12-8-13(16(2,3)4)15(20)14(9-12)17(5,6)7/h8-9,18,20H,10H2,1-7H3. The Labute approximate surface area is 127 Å². The molecule has 0 aliphatic rings. The van der Waals surface area contributed by atoms with E-state index in [-0.39, 0.29) is 16.8 Å². The molecule has 0 saturated carbocycles. The molecule has 0 aliphatic heterocycles. The Morgan fingerprint density at radius 3 is 1.86 bits per heavy atom. The summed E-state index contributed by atoms with van der Waals surface area (Å²) >= 11 is 0. The number of hydrogen-bond acceptors (Lipinski definition) is 4. The first-order chi connectivity index (χ1) is 9.43. The first-order valence-corrected chi connectivity index (χ1v) is 7.20. The molecule has 0 saturated heterocycles. The number of nitrogens with one attached hydrogen (secondary N) is 1. The second kappa shape index (κ2) is 6.06. The molecule has 4 nitrogen and oxygen atoms in total. The highest BCUT2D eigenvalue weighted by Crippen LogP contribution is 2.39. The molecule has 0 atom stereocenters. The van der Waals surface area contributed by atoms with Crippen LogP contribution in [0.25, 0.3) is 0 Å². The summed E-state index contributed by atoms with van der Waals surface area (Å²) in [5.41, 5.74) is 5.09. The van der Waals surface area contributed by atoms with Gasteiger partial charge in [0.25, 0.3) is 0 Å². The largest absolute Gasteiger partial charge is 0.507 e. The van der Waals surface area contributed by atoms with Gasteiger partial charge in [-0.15, -0.1) is 5.48 Å². The van der Waals surface area contributed by atoms with Gasteiger partial charge < -0.3 is 9.94 Å². The average Bonchev–Trinajstić information content (AvgIpc) is 2.27. The molecule has 0 bridgehead atoms. The number of hydrogen-bond donors (Lipinski definition) is 2. The van der Waals surface area contributed by atoms with Crippen molar-refractivity contribution in [2.45, 2.75) is 65.8 Å². The molecule has 0 aliphatic carbocycles. The predicted octanol–water partition coefficient (Wildman–Crippen LogP) is 3.55. The number of carbonyl (C=O) groups is 1. The summed E-state index contributed by atoms with van der Waals surface area (Å²) < 4.78 is 0. The van der Waals surface area contributed by atoms with Gasteiger partial charge in [-0.2, -0.15) is 0 Å². The van der Waals surface area contributed by atoms with Crippen LogP contribution in [-0.2, 0) is 27.0 Å². The van der Waals surface area contributed by atoms with Gasteiger partial charge in [0, 0.05) is 6.92 Å². The van der Waals surface area contributed by atoms with Crippen LogP contribution in [0.15, 0.2) is 12.1 Å². The zero-order chi connectivity index (χ0) is 16.4. The fourth-order valence-corrected chi connectivity index (χ4v) is 2.16. The summed E-state index contributed by atoms with van der Waals surface area (Å²) in [6.07, 6.45) is 0. The van der Waals surface area contributed by atoms with Gasteiger partial charge in [0.05, 0.1) is 6.54 Å². The van der Waals surface area contributed by atoms with Crippen LogP contribution in [0.5, 0.6) is 5.75 Å². The van der Waals surface area contributed by atoms with Gasteiger partial charge in [0.1, 0.15) is 5.75 Å².